The number of methoxy groups -OCH3 is 1. The molecule has 0 aromatic carbocycles. The van der Waals surface area contributed by atoms with Gasteiger partial charge in [0.05, 0.1) is 0 Å². The molecule has 2 fully saturated rings. The second-order valence-corrected chi connectivity index (χ2v) is 15.9. The molecule has 2 unspecified atom stereocenters. The van der Waals surface area contributed by atoms with Crippen molar-refractivity contribution < 1.29 is 14.3 Å². The summed E-state index contributed by atoms with van der Waals surface area (Å²) < 4.78 is 17.4. The average Bonchev–Trinajstić information content (AvgIpc) is 3.11. The molecule has 0 amide bonds. The van der Waals surface area contributed by atoms with Crippen LogP contribution in [0.4, 0.5) is 0 Å². The van der Waals surface area contributed by atoms with Gasteiger partial charge < -0.3 is 0 Å². The molecule has 0 saturated carbocycles. The first-order chi connectivity index (χ1) is 8.29. The van der Waals surface area contributed by atoms with Gasteiger partial charge >= 0.3 is 125 Å². The van der Waals surface area contributed by atoms with E-state index in [0.29, 0.717) is 0 Å². The van der Waals surface area contributed by atoms with Crippen LogP contribution in [0.1, 0.15) is 20.8 Å². The summed E-state index contributed by atoms with van der Waals surface area (Å²) in [5.41, 5.74) is 0. The van der Waals surface area contributed by atoms with E-state index >= 15 is 0 Å². The quantitative estimate of drug-likeness (QED) is 0.115. The average molecular weight is 484 g/mol. The summed E-state index contributed by atoms with van der Waals surface area (Å²) >= 11 is -2.52. The van der Waals surface area contributed by atoms with Crippen molar-refractivity contribution in [2.24, 2.45) is 5.92 Å². The summed E-state index contributed by atoms with van der Waals surface area (Å²) in [5, 5.41) is 0. The van der Waals surface area contributed by atoms with Gasteiger partial charge in [0.1, 0.15) is 0 Å². The van der Waals surface area contributed by atoms with Gasteiger partial charge in [0, 0.05) is 0 Å². The van der Waals surface area contributed by atoms with E-state index in [0.717, 1.165) is 0 Å². The van der Waals surface area contributed by atoms with Crippen LogP contribution in [0, 0.1) is 5.92 Å². The molecule has 2 atom stereocenters. The molecular formula is C11H22I2N2O3. The number of rotatable bonds is 6. The molecule has 18 heavy (non-hydrogen) atoms. The topological polar surface area (TPSA) is 79.4 Å². The van der Waals surface area contributed by atoms with Crippen molar-refractivity contribution >= 4 is 46.2 Å². The third kappa shape index (κ3) is 2.19. The van der Waals surface area contributed by atoms with Crippen LogP contribution >= 0.6 is 40.2 Å². The minimum absolute atomic E-state index is 0.0162. The molecule has 0 aromatic rings. The number of ether oxygens (including phenoxy) is 2. The number of carbonyl (C=O) groups excluding carboxylic acids is 1. The fourth-order valence-electron chi connectivity index (χ4n) is 1.81. The minimum atomic E-state index is -1.38. The van der Waals surface area contributed by atoms with Crippen LogP contribution in [0.3, 0.4) is 0 Å². The third-order valence-corrected chi connectivity index (χ3v) is 14.9. The maximum absolute atomic E-state index is 12.6. The third-order valence-electron chi connectivity index (χ3n) is 3.45. The van der Waals surface area contributed by atoms with Crippen LogP contribution in [0.15, 0.2) is 0 Å². The number of fused-ring (bicyclic) bond motifs is 1. The van der Waals surface area contributed by atoms with E-state index in [9.17, 15) is 4.79 Å². The molecule has 2 heterocycles. The van der Waals surface area contributed by atoms with E-state index in [1.54, 1.807) is 7.11 Å². The number of hydrogen-bond donors (Lipinski definition) is 2. The summed E-state index contributed by atoms with van der Waals surface area (Å²) in [6.07, 6.45) is -0.441. The first-order valence-electron chi connectivity index (χ1n) is 5.79. The second kappa shape index (κ2) is 4.97. The van der Waals surface area contributed by atoms with E-state index < -0.39 is 46.5 Å². The number of esters is 1. The van der Waals surface area contributed by atoms with E-state index in [4.69, 9.17) is 9.47 Å². The van der Waals surface area contributed by atoms with Gasteiger partial charge in [-0.05, 0) is 0 Å². The molecule has 2 aliphatic rings. The van der Waals surface area contributed by atoms with E-state index in [1.807, 2.05) is 13.8 Å². The predicted octanol–water partition coefficient (Wildman–Crippen LogP) is 1.88. The number of nitrogens with one attached hydrogen (secondary N) is 2. The SMILES string of the molecule is COC(OC(=O)C(C)(I(C)C)C12NI1N2)C(C)C. The molecule has 108 valence electrons. The summed E-state index contributed by atoms with van der Waals surface area (Å²) in [6, 6.07) is 0. The molecule has 0 aliphatic carbocycles. The molecule has 0 bridgehead atoms. The van der Waals surface area contributed by atoms with Crippen molar-refractivity contribution in [2.45, 2.75) is 34.2 Å². The van der Waals surface area contributed by atoms with Gasteiger partial charge in [-0.3, -0.25) is 0 Å². The number of halogens is 2. The predicted molar refractivity (Wildman–Crippen MR) is 89.0 cm³/mol. The van der Waals surface area contributed by atoms with Crippen LogP contribution in [-0.2, 0) is 14.3 Å². The van der Waals surface area contributed by atoms with Gasteiger partial charge in [0.15, 0.2) is 0 Å². The zero-order valence-electron chi connectivity index (χ0n) is 11.6. The van der Waals surface area contributed by atoms with E-state index in [-0.39, 0.29) is 19.0 Å². The zero-order chi connectivity index (χ0) is 13.7. The fourth-order valence-corrected chi connectivity index (χ4v) is 14.7. The number of hydrogen-bond acceptors (Lipinski definition) is 5. The normalized spacial score (nSPS) is 27.1. The summed E-state index contributed by atoms with van der Waals surface area (Å²) in [7, 11) is 1.59. The maximum atomic E-state index is 12.6. The van der Waals surface area contributed by atoms with Crippen LogP contribution in [0.25, 0.3) is 0 Å². The van der Waals surface area contributed by atoms with Gasteiger partial charge in [-0.2, -0.15) is 0 Å². The van der Waals surface area contributed by atoms with Crippen LogP contribution in [-0.4, -0.2) is 36.3 Å². The number of alkyl halides is 4. The van der Waals surface area contributed by atoms with Gasteiger partial charge in [-0.15, -0.1) is 0 Å². The first kappa shape index (κ1) is 15.2. The van der Waals surface area contributed by atoms with Crippen molar-refractivity contribution in [1.29, 1.82) is 0 Å². The Hall–Kier alpha value is 0.810. The van der Waals surface area contributed by atoms with E-state index in [2.05, 4.69) is 23.8 Å². The van der Waals surface area contributed by atoms with Gasteiger partial charge in [0.25, 0.3) is 0 Å². The van der Waals surface area contributed by atoms with Crippen molar-refractivity contribution in [2.75, 3.05) is 17.0 Å². The molecule has 2 N–H and O–H groups in total. The molecule has 2 rings (SSSR count). The van der Waals surface area contributed by atoms with Gasteiger partial charge in [-0.1, -0.05) is 0 Å². The second-order valence-electron chi connectivity index (χ2n) is 5.14. The Balaban J connectivity index is 2.10. The molecule has 0 radical (unpaired) electrons. The fraction of sp³-hybridized carbons (Fsp3) is 0.909. The van der Waals surface area contributed by atoms with Gasteiger partial charge in [0.2, 0.25) is 0 Å². The molecule has 7 heteroatoms. The monoisotopic (exact) mass is 484 g/mol. The number of carbonyl (C=O) groups is 1. The van der Waals surface area contributed by atoms with Crippen LogP contribution in [0.5, 0.6) is 0 Å². The Kier molecular flexibility index (Phi) is 4.20. The van der Waals surface area contributed by atoms with Gasteiger partial charge in [-0.25, -0.2) is 0 Å². The Morgan fingerprint density at radius 1 is 1.39 bits per heavy atom. The van der Waals surface area contributed by atoms with Crippen LogP contribution in [0.2, 0.25) is 0 Å². The molecule has 0 aromatic heterocycles. The van der Waals surface area contributed by atoms with Crippen LogP contribution < -0.4 is 7.06 Å². The zero-order valence-corrected chi connectivity index (χ0v) is 16.0. The first-order valence-corrected chi connectivity index (χ1v) is 14.4. The molecule has 2 aliphatic heterocycles. The standard InChI is InChI=1S/C11H22I2N2O3/c1-7(2)8(17-6)18-9(16)10(3,12(4)5)11-13(14-11)15-11/h7-8,14-15H,1-6H3. The summed E-state index contributed by atoms with van der Waals surface area (Å²) in [4.78, 5) is 17.0. The van der Waals surface area contributed by atoms with Crippen molar-refractivity contribution in [3.05, 3.63) is 0 Å². The Morgan fingerprint density at radius 2 is 1.89 bits per heavy atom. The van der Waals surface area contributed by atoms with Crippen molar-refractivity contribution in [1.82, 2.24) is 7.06 Å². The molecule has 2 saturated heterocycles. The molecular weight excluding hydrogens is 462 g/mol. The molecule has 0 spiro atoms. The van der Waals surface area contributed by atoms with Crippen molar-refractivity contribution in [3.63, 3.8) is 0 Å². The van der Waals surface area contributed by atoms with E-state index in [1.165, 1.54) is 0 Å². The summed E-state index contributed by atoms with van der Waals surface area (Å²) in [5.74, 6) is 0.0844. The Bertz CT molecular complexity index is 358. The Morgan fingerprint density at radius 3 is 2.17 bits per heavy atom. The van der Waals surface area contributed by atoms with Crippen molar-refractivity contribution in [3.8, 4) is 0 Å². The summed E-state index contributed by atoms with van der Waals surface area (Å²) in [6.45, 7) is 6.06. The Labute approximate surface area is 124 Å². The molecule has 5 nitrogen and oxygen atoms in total.